The molecule has 1 fully saturated rings. The number of likely N-dealkylation sites (N-methyl/N-ethyl adjacent to an activating group) is 2. The van der Waals surface area contributed by atoms with Crippen LogP contribution in [0, 0.1) is 5.92 Å². The summed E-state index contributed by atoms with van der Waals surface area (Å²) in [6.45, 7) is 8.61. The molecular formula is C15H29N3O3. The van der Waals surface area contributed by atoms with Gasteiger partial charge >= 0.3 is 12.0 Å². The quantitative estimate of drug-likeness (QED) is 0.749. The van der Waals surface area contributed by atoms with Crippen molar-refractivity contribution in [2.24, 2.45) is 5.92 Å². The highest BCUT2D eigenvalue weighted by molar-refractivity contribution is 5.82. The molecule has 1 saturated heterocycles. The van der Waals surface area contributed by atoms with E-state index in [-0.39, 0.29) is 11.9 Å². The van der Waals surface area contributed by atoms with Gasteiger partial charge in [0.05, 0.1) is 0 Å². The second-order valence-electron chi connectivity index (χ2n) is 5.96. The lowest BCUT2D eigenvalue weighted by molar-refractivity contribution is -0.140. The minimum Gasteiger partial charge on any atom is -0.480 e. The van der Waals surface area contributed by atoms with Crippen LogP contribution in [0.2, 0.25) is 0 Å². The van der Waals surface area contributed by atoms with Crippen molar-refractivity contribution in [2.75, 3.05) is 26.7 Å². The third-order valence-corrected chi connectivity index (χ3v) is 4.49. The number of hydrogen-bond acceptors (Lipinski definition) is 3. The summed E-state index contributed by atoms with van der Waals surface area (Å²) in [4.78, 5) is 27.4. The van der Waals surface area contributed by atoms with E-state index in [0.717, 1.165) is 19.5 Å². The number of carboxylic acid groups (broad SMARTS) is 1. The Morgan fingerprint density at radius 3 is 2.62 bits per heavy atom. The van der Waals surface area contributed by atoms with Crippen LogP contribution in [0.1, 0.15) is 40.0 Å². The number of nitrogens with zero attached hydrogens (tertiary/aromatic N) is 2. The van der Waals surface area contributed by atoms with Crippen LogP contribution in [0.3, 0.4) is 0 Å². The summed E-state index contributed by atoms with van der Waals surface area (Å²) in [5.74, 6) is -1.05. The van der Waals surface area contributed by atoms with Crippen molar-refractivity contribution in [3.05, 3.63) is 0 Å². The SMILES string of the molecule is CC[C@H](C)[C@H](NC(=O)N(C)CC1CCCN1CC)C(=O)O. The number of likely N-dealkylation sites (tertiary alicyclic amines) is 1. The molecule has 0 spiro atoms. The molecule has 0 aromatic heterocycles. The Bertz CT molecular complexity index is 362. The predicted octanol–water partition coefficient (Wildman–Crippen LogP) is 1.61. The molecule has 1 aliphatic heterocycles. The van der Waals surface area contributed by atoms with Gasteiger partial charge in [-0.25, -0.2) is 9.59 Å². The highest BCUT2D eigenvalue weighted by Gasteiger charge is 2.29. The van der Waals surface area contributed by atoms with Crippen molar-refractivity contribution >= 4 is 12.0 Å². The van der Waals surface area contributed by atoms with E-state index in [1.807, 2.05) is 13.8 Å². The normalized spacial score (nSPS) is 21.8. The first kappa shape index (κ1) is 17.8. The maximum atomic E-state index is 12.2. The van der Waals surface area contributed by atoms with E-state index in [1.54, 1.807) is 11.9 Å². The number of carbonyl (C=O) groups excluding carboxylic acids is 1. The molecule has 1 aliphatic rings. The molecular weight excluding hydrogens is 270 g/mol. The molecule has 21 heavy (non-hydrogen) atoms. The molecule has 0 aliphatic carbocycles. The first-order valence-electron chi connectivity index (χ1n) is 7.89. The van der Waals surface area contributed by atoms with Gasteiger partial charge in [-0.05, 0) is 31.8 Å². The van der Waals surface area contributed by atoms with Crippen molar-refractivity contribution in [2.45, 2.75) is 52.1 Å². The van der Waals surface area contributed by atoms with Crippen molar-refractivity contribution in [3.63, 3.8) is 0 Å². The Hall–Kier alpha value is -1.30. The summed E-state index contributed by atoms with van der Waals surface area (Å²) in [5, 5.41) is 11.9. The van der Waals surface area contributed by atoms with Crippen LogP contribution in [-0.4, -0.2) is 65.7 Å². The molecule has 0 bridgehead atoms. The van der Waals surface area contributed by atoms with E-state index in [0.29, 0.717) is 19.0 Å². The zero-order chi connectivity index (χ0) is 16.0. The lowest BCUT2D eigenvalue weighted by Gasteiger charge is -2.29. The molecule has 122 valence electrons. The molecule has 1 unspecified atom stereocenters. The molecule has 0 aromatic rings. The molecule has 1 rings (SSSR count). The van der Waals surface area contributed by atoms with Crippen molar-refractivity contribution in [3.8, 4) is 0 Å². The maximum absolute atomic E-state index is 12.2. The van der Waals surface area contributed by atoms with E-state index in [4.69, 9.17) is 0 Å². The van der Waals surface area contributed by atoms with E-state index in [2.05, 4.69) is 17.1 Å². The van der Waals surface area contributed by atoms with Gasteiger partial charge in [0.15, 0.2) is 0 Å². The number of hydrogen-bond donors (Lipinski definition) is 2. The Kier molecular flexibility index (Phi) is 6.95. The van der Waals surface area contributed by atoms with E-state index in [1.165, 1.54) is 6.42 Å². The average molecular weight is 299 g/mol. The van der Waals surface area contributed by atoms with E-state index in [9.17, 15) is 14.7 Å². The van der Waals surface area contributed by atoms with Crippen molar-refractivity contribution in [1.29, 1.82) is 0 Å². The van der Waals surface area contributed by atoms with Crippen LogP contribution in [-0.2, 0) is 4.79 Å². The standard InChI is InChI=1S/C15H29N3O3/c1-5-11(3)13(14(19)20)16-15(21)17(4)10-12-8-7-9-18(12)6-2/h11-13H,5-10H2,1-4H3,(H,16,21)(H,19,20)/t11-,12?,13-/m0/s1. The molecule has 0 saturated carbocycles. The largest absolute Gasteiger partial charge is 0.480 e. The zero-order valence-electron chi connectivity index (χ0n) is 13.6. The van der Waals surface area contributed by atoms with E-state index < -0.39 is 12.0 Å². The summed E-state index contributed by atoms with van der Waals surface area (Å²) in [5.41, 5.74) is 0. The number of carboxylic acids is 1. The third kappa shape index (κ3) is 4.88. The van der Waals surface area contributed by atoms with Gasteiger partial charge in [-0.2, -0.15) is 0 Å². The molecule has 3 atom stereocenters. The highest BCUT2D eigenvalue weighted by Crippen LogP contribution is 2.17. The molecule has 0 radical (unpaired) electrons. The van der Waals surface area contributed by atoms with Gasteiger partial charge in [0, 0.05) is 19.6 Å². The van der Waals surface area contributed by atoms with Crippen LogP contribution in [0.4, 0.5) is 4.79 Å². The van der Waals surface area contributed by atoms with Gasteiger partial charge in [-0.15, -0.1) is 0 Å². The first-order valence-corrected chi connectivity index (χ1v) is 7.89. The van der Waals surface area contributed by atoms with Gasteiger partial charge in [0.2, 0.25) is 0 Å². The fourth-order valence-electron chi connectivity index (χ4n) is 2.84. The van der Waals surface area contributed by atoms with E-state index >= 15 is 0 Å². The number of rotatable bonds is 7. The second-order valence-corrected chi connectivity index (χ2v) is 5.96. The monoisotopic (exact) mass is 299 g/mol. The van der Waals surface area contributed by atoms with Gasteiger partial charge in [0.1, 0.15) is 6.04 Å². The lowest BCUT2D eigenvalue weighted by atomic mass is 9.99. The summed E-state index contributed by atoms with van der Waals surface area (Å²) in [6, 6.07) is -0.737. The van der Waals surface area contributed by atoms with Gasteiger partial charge in [-0.1, -0.05) is 27.2 Å². The lowest BCUT2D eigenvalue weighted by Crippen LogP contribution is -2.51. The topological polar surface area (TPSA) is 72.9 Å². The van der Waals surface area contributed by atoms with Crippen molar-refractivity contribution < 1.29 is 14.7 Å². The number of amides is 2. The average Bonchev–Trinajstić information content (AvgIpc) is 2.90. The second kappa shape index (κ2) is 8.22. The Morgan fingerprint density at radius 2 is 2.10 bits per heavy atom. The van der Waals surface area contributed by atoms with Gasteiger partial charge < -0.3 is 15.3 Å². The summed E-state index contributed by atoms with van der Waals surface area (Å²) < 4.78 is 0. The number of nitrogens with one attached hydrogen (secondary N) is 1. The van der Waals surface area contributed by atoms with Crippen LogP contribution >= 0.6 is 0 Å². The predicted molar refractivity (Wildman–Crippen MR) is 82.3 cm³/mol. The molecule has 1 heterocycles. The smallest absolute Gasteiger partial charge is 0.326 e. The Labute approximate surface area is 127 Å². The first-order chi connectivity index (χ1) is 9.90. The Balaban J connectivity index is 2.55. The third-order valence-electron chi connectivity index (χ3n) is 4.49. The Morgan fingerprint density at radius 1 is 1.43 bits per heavy atom. The van der Waals surface area contributed by atoms with Crippen LogP contribution in [0.25, 0.3) is 0 Å². The van der Waals surface area contributed by atoms with Gasteiger partial charge in [0.25, 0.3) is 0 Å². The van der Waals surface area contributed by atoms with Gasteiger partial charge in [-0.3, -0.25) is 4.90 Å². The molecule has 0 aromatic carbocycles. The van der Waals surface area contributed by atoms with Crippen LogP contribution in [0.5, 0.6) is 0 Å². The zero-order valence-corrected chi connectivity index (χ0v) is 13.6. The molecule has 2 N–H and O–H groups in total. The molecule has 2 amide bonds. The fourth-order valence-corrected chi connectivity index (χ4v) is 2.84. The summed E-state index contributed by atoms with van der Waals surface area (Å²) in [7, 11) is 1.73. The minimum absolute atomic E-state index is 0.0847. The number of urea groups is 1. The van der Waals surface area contributed by atoms with Crippen LogP contribution in [0.15, 0.2) is 0 Å². The number of aliphatic carboxylic acids is 1. The van der Waals surface area contributed by atoms with Crippen LogP contribution < -0.4 is 5.32 Å². The van der Waals surface area contributed by atoms with Crippen molar-refractivity contribution in [1.82, 2.24) is 15.1 Å². The summed E-state index contributed by atoms with van der Waals surface area (Å²) in [6.07, 6.45) is 2.98. The maximum Gasteiger partial charge on any atom is 0.326 e. The molecule has 6 nitrogen and oxygen atoms in total. The minimum atomic E-state index is -0.970. The highest BCUT2D eigenvalue weighted by atomic mass is 16.4. The fraction of sp³-hybridized carbons (Fsp3) is 0.867. The summed E-state index contributed by atoms with van der Waals surface area (Å²) >= 11 is 0. The molecule has 6 heteroatoms. The number of carbonyl (C=O) groups is 2.